The highest BCUT2D eigenvalue weighted by Crippen LogP contribution is 2.35. The first-order valence-electron chi connectivity index (χ1n) is 10.1. The molecule has 1 aromatic heterocycles. The lowest BCUT2D eigenvalue weighted by molar-refractivity contribution is 0.0601. The summed E-state index contributed by atoms with van der Waals surface area (Å²) >= 11 is 0.995. The lowest BCUT2D eigenvalue weighted by Gasteiger charge is -2.09. The molecule has 0 radical (unpaired) electrons. The molecule has 0 saturated carbocycles. The topological polar surface area (TPSA) is 103 Å². The van der Waals surface area contributed by atoms with Gasteiger partial charge >= 0.3 is 5.97 Å². The van der Waals surface area contributed by atoms with E-state index < -0.39 is 17.8 Å². The van der Waals surface area contributed by atoms with Crippen LogP contribution in [0, 0.1) is 6.92 Å². The minimum Gasteiger partial charge on any atom is -0.496 e. The molecule has 0 aliphatic rings. The number of carbonyl (C=O) groups excluding carboxylic acids is 3. The smallest absolute Gasteiger partial charge is 0.341 e. The number of thiophene rings is 1. The van der Waals surface area contributed by atoms with Crippen molar-refractivity contribution in [1.82, 2.24) is 0 Å². The minimum atomic E-state index is -0.654. The van der Waals surface area contributed by atoms with Crippen molar-refractivity contribution in [3.63, 3.8) is 0 Å². The van der Waals surface area contributed by atoms with Gasteiger partial charge in [-0.15, -0.1) is 11.3 Å². The Kier molecular flexibility index (Phi) is 7.68. The van der Waals surface area contributed by atoms with Crippen molar-refractivity contribution in [3.05, 3.63) is 70.1 Å². The second kappa shape index (κ2) is 10.6. The number of carbonyl (C=O) groups is 3. The average Bonchev–Trinajstić information content (AvgIpc) is 3.15. The number of amides is 2. The maximum Gasteiger partial charge on any atom is 0.341 e. The van der Waals surface area contributed by atoms with Gasteiger partial charge < -0.3 is 24.8 Å². The van der Waals surface area contributed by atoms with Gasteiger partial charge in [0.05, 0.1) is 36.8 Å². The maximum atomic E-state index is 13.0. The van der Waals surface area contributed by atoms with E-state index in [9.17, 15) is 14.4 Å². The van der Waals surface area contributed by atoms with Gasteiger partial charge in [-0.05, 0) is 55.8 Å². The van der Waals surface area contributed by atoms with Gasteiger partial charge in [0.2, 0.25) is 0 Å². The van der Waals surface area contributed by atoms with E-state index in [1.165, 1.54) is 14.2 Å². The molecule has 0 atom stereocenters. The van der Waals surface area contributed by atoms with Crippen LogP contribution in [0.25, 0.3) is 0 Å². The Morgan fingerprint density at radius 1 is 0.939 bits per heavy atom. The third kappa shape index (κ3) is 5.32. The highest BCUT2D eigenvalue weighted by Gasteiger charge is 2.27. The number of esters is 1. The molecule has 2 aromatic carbocycles. The number of para-hydroxylation sites is 1. The molecular weight excluding hydrogens is 444 g/mol. The molecule has 1 heterocycles. The van der Waals surface area contributed by atoms with Crippen molar-refractivity contribution in [2.75, 3.05) is 31.5 Å². The Morgan fingerprint density at radius 2 is 1.64 bits per heavy atom. The van der Waals surface area contributed by atoms with Crippen LogP contribution in [0.5, 0.6) is 11.5 Å². The molecule has 9 heteroatoms. The number of benzene rings is 2. The number of rotatable bonds is 8. The molecule has 0 unspecified atom stereocenters. The monoisotopic (exact) mass is 468 g/mol. The first-order chi connectivity index (χ1) is 15.9. The predicted molar refractivity (Wildman–Crippen MR) is 127 cm³/mol. The van der Waals surface area contributed by atoms with E-state index in [0.717, 1.165) is 11.3 Å². The highest BCUT2D eigenvalue weighted by molar-refractivity contribution is 7.19. The summed E-state index contributed by atoms with van der Waals surface area (Å²) in [5.41, 5.74) is 1.39. The number of ether oxygens (including phenoxy) is 3. The van der Waals surface area contributed by atoms with Crippen LogP contribution >= 0.6 is 11.3 Å². The fourth-order valence-corrected chi connectivity index (χ4v) is 4.24. The lowest BCUT2D eigenvalue weighted by atomic mass is 10.1. The Balaban J connectivity index is 1.90. The van der Waals surface area contributed by atoms with Gasteiger partial charge in [0, 0.05) is 5.69 Å². The summed E-state index contributed by atoms with van der Waals surface area (Å²) in [6.07, 6.45) is 0. The summed E-state index contributed by atoms with van der Waals surface area (Å²) in [7, 11) is 2.70. The van der Waals surface area contributed by atoms with Crippen molar-refractivity contribution in [2.45, 2.75) is 13.8 Å². The molecule has 2 N–H and O–H groups in total. The van der Waals surface area contributed by atoms with Crippen LogP contribution in [0.2, 0.25) is 0 Å². The number of hydrogen-bond acceptors (Lipinski definition) is 7. The second-order valence-electron chi connectivity index (χ2n) is 6.82. The van der Waals surface area contributed by atoms with Gasteiger partial charge in [-0.1, -0.05) is 12.1 Å². The Hall–Kier alpha value is -3.85. The van der Waals surface area contributed by atoms with Gasteiger partial charge in [-0.25, -0.2) is 4.79 Å². The van der Waals surface area contributed by atoms with Crippen molar-refractivity contribution >= 4 is 39.8 Å². The standard InChI is InChI=1S/C24H24N2O6S/c1-5-32-16-12-10-15(11-13-16)25-22(28)20-14(2)19(24(29)31-4)23(33-20)26-21(27)17-8-6-7-9-18(17)30-3/h6-13H,5H2,1-4H3,(H,25,28)(H,26,27). The van der Waals surface area contributed by atoms with E-state index in [1.807, 2.05) is 6.92 Å². The van der Waals surface area contributed by atoms with Crippen molar-refractivity contribution in [3.8, 4) is 11.5 Å². The van der Waals surface area contributed by atoms with Crippen LogP contribution < -0.4 is 20.1 Å². The van der Waals surface area contributed by atoms with E-state index >= 15 is 0 Å². The molecule has 0 spiro atoms. The Labute approximate surface area is 195 Å². The number of anilines is 2. The molecular formula is C24H24N2O6S. The lowest BCUT2D eigenvalue weighted by Crippen LogP contribution is -2.15. The zero-order valence-corrected chi connectivity index (χ0v) is 19.5. The van der Waals surface area contributed by atoms with Crippen LogP contribution in [0.3, 0.4) is 0 Å². The highest BCUT2D eigenvalue weighted by atomic mass is 32.1. The fraction of sp³-hybridized carbons (Fsp3) is 0.208. The Bertz CT molecular complexity index is 1170. The molecule has 0 fully saturated rings. The number of hydrogen-bond donors (Lipinski definition) is 2. The summed E-state index contributed by atoms with van der Waals surface area (Å²) < 4.78 is 15.5. The first kappa shape index (κ1) is 23.8. The quantitative estimate of drug-likeness (QED) is 0.462. The summed E-state index contributed by atoms with van der Waals surface area (Å²) in [5, 5.41) is 5.74. The maximum absolute atomic E-state index is 13.0. The third-order valence-corrected chi connectivity index (χ3v) is 5.95. The molecule has 0 saturated heterocycles. The second-order valence-corrected chi connectivity index (χ2v) is 7.84. The molecule has 0 aliphatic heterocycles. The summed E-state index contributed by atoms with van der Waals surface area (Å²) in [6, 6.07) is 13.6. The van der Waals surface area contributed by atoms with Crippen LogP contribution in [0.15, 0.2) is 48.5 Å². The van der Waals surface area contributed by atoms with Gasteiger partial charge in [-0.2, -0.15) is 0 Å². The summed E-state index contributed by atoms with van der Waals surface area (Å²) in [4.78, 5) is 38.6. The van der Waals surface area contributed by atoms with Gasteiger partial charge in [-0.3, -0.25) is 9.59 Å². The molecule has 3 aromatic rings. The minimum absolute atomic E-state index is 0.127. The van der Waals surface area contributed by atoms with Crippen molar-refractivity contribution in [1.29, 1.82) is 0 Å². The van der Waals surface area contributed by atoms with Crippen LogP contribution in [-0.2, 0) is 4.74 Å². The van der Waals surface area contributed by atoms with Crippen molar-refractivity contribution in [2.24, 2.45) is 0 Å². The first-order valence-corrected chi connectivity index (χ1v) is 10.9. The van der Waals surface area contributed by atoms with E-state index in [-0.39, 0.29) is 15.4 Å². The zero-order chi connectivity index (χ0) is 24.0. The van der Waals surface area contributed by atoms with Crippen LogP contribution in [-0.4, -0.2) is 38.6 Å². The molecule has 2 amide bonds. The summed E-state index contributed by atoms with van der Waals surface area (Å²) in [5.74, 6) is -0.463. The van der Waals surface area contributed by atoms with E-state index in [4.69, 9.17) is 14.2 Å². The fourth-order valence-electron chi connectivity index (χ4n) is 3.16. The van der Waals surface area contributed by atoms with E-state index in [2.05, 4.69) is 10.6 Å². The molecule has 0 bridgehead atoms. The normalized spacial score (nSPS) is 10.3. The van der Waals surface area contributed by atoms with Crippen molar-refractivity contribution < 1.29 is 28.6 Å². The summed E-state index contributed by atoms with van der Waals surface area (Å²) in [6.45, 7) is 4.06. The molecule has 8 nitrogen and oxygen atoms in total. The van der Waals surface area contributed by atoms with Crippen LogP contribution in [0.4, 0.5) is 10.7 Å². The SMILES string of the molecule is CCOc1ccc(NC(=O)c2sc(NC(=O)c3ccccc3OC)c(C(=O)OC)c2C)cc1. The average molecular weight is 469 g/mol. The predicted octanol–water partition coefficient (Wildman–Crippen LogP) is 4.76. The van der Waals surface area contributed by atoms with E-state index in [1.54, 1.807) is 55.5 Å². The Morgan fingerprint density at radius 3 is 2.27 bits per heavy atom. The molecule has 3 rings (SSSR count). The van der Waals surface area contributed by atoms with E-state index in [0.29, 0.717) is 34.9 Å². The largest absolute Gasteiger partial charge is 0.496 e. The molecule has 0 aliphatic carbocycles. The zero-order valence-electron chi connectivity index (χ0n) is 18.7. The molecule has 172 valence electrons. The number of nitrogens with one attached hydrogen (secondary N) is 2. The van der Waals surface area contributed by atoms with Gasteiger partial charge in [0.25, 0.3) is 11.8 Å². The van der Waals surface area contributed by atoms with Crippen LogP contribution in [0.1, 0.15) is 42.9 Å². The third-order valence-electron chi connectivity index (χ3n) is 4.74. The molecule has 33 heavy (non-hydrogen) atoms. The number of methoxy groups -OCH3 is 2. The van der Waals surface area contributed by atoms with Gasteiger partial charge in [0.15, 0.2) is 0 Å². The van der Waals surface area contributed by atoms with Gasteiger partial charge in [0.1, 0.15) is 16.5 Å².